The highest BCUT2D eigenvalue weighted by atomic mass is 32.2. The molecular formula is C20H23N3S. The Labute approximate surface area is 147 Å². The lowest BCUT2D eigenvalue weighted by molar-refractivity contribution is 0.715. The molecule has 0 radical (unpaired) electrons. The molecule has 1 aromatic heterocycles. The van der Waals surface area contributed by atoms with E-state index in [1.807, 2.05) is 36.0 Å². The number of unbranched alkanes of at least 4 members (excludes halogenated alkanes) is 2. The van der Waals surface area contributed by atoms with Gasteiger partial charge in [0.1, 0.15) is 0 Å². The van der Waals surface area contributed by atoms with Gasteiger partial charge in [-0.3, -0.25) is 4.98 Å². The number of anilines is 2. The molecule has 0 fully saturated rings. The topological polar surface area (TPSA) is 64.9 Å². The fourth-order valence-electron chi connectivity index (χ4n) is 2.77. The molecular weight excluding hydrogens is 314 g/mol. The van der Waals surface area contributed by atoms with E-state index in [1.165, 1.54) is 17.7 Å². The standard InChI is InChI=1S/C20H23N3S/c21-19-16-11-6-7-12-17(16)23-18(20(19)22)13-5-2-8-14-24-15-9-3-1-4-10-15/h1,3-4,6-7,9-12H,2,5,8,13-14,22H2,(H2,21,23). The maximum Gasteiger partial charge on any atom is 0.0773 e. The van der Waals surface area contributed by atoms with Gasteiger partial charge in [-0.25, -0.2) is 0 Å². The number of hydrogen-bond acceptors (Lipinski definition) is 4. The summed E-state index contributed by atoms with van der Waals surface area (Å²) in [6, 6.07) is 18.4. The molecule has 0 aliphatic rings. The normalized spacial score (nSPS) is 11.0. The average molecular weight is 337 g/mol. The lowest BCUT2D eigenvalue weighted by atomic mass is 10.1. The minimum atomic E-state index is 0.646. The molecule has 24 heavy (non-hydrogen) atoms. The number of benzene rings is 2. The first kappa shape index (κ1) is 16.7. The van der Waals surface area contributed by atoms with Crippen molar-refractivity contribution in [3.05, 3.63) is 60.3 Å². The monoisotopic (exact) mass is 337 g/mol. The third-order valence-corrected chi connectivity index (χ3v) is 5.22. The second kappa shape index (κ2) is 8.06. The van der Waals surface area contributed by atoms with Crippen LogP contribution in [0.2, 0.25) is 0 Å². The van der Waals surface area contributed by atoms with E-state index in [4.69, 9.17) is 16.5 Å². The third-order valence-electron chi connectivity index (χ3n) is 4.12. The molecule has 1 heterocycles. The molecule has 0 bridgehead atoms. The lowest BCUT2D eigenvalue weighted by Gasteiger charge is -2.11. The second-order valence-corrected chi connectivity index (χ2v) is 7.04. The molecule has 0 spiro atoms. The Morgan fingerprint density at radius 2 is 1.54 bits per heavy atom. The Morgan fingerprint density at radius 3 is 2.38 bits per heavy atom. The number of nitrogen functional groups attached to an aromatic ring is 2. The molecule has 0 saturated carbocycles. The third kappa shape index (κ3) is 4.01. The maximum atomic E-state index is 6.17. The van der Waals surface area contributed by atoms with E-state index < -0.39 is 0 Å². The first-order chi connectivity index (χ1) is 11.8. The van der Waals surface area contributed by atoms with Crippen molar-refractivity contribution in [3.8, 4) is 0 Å². The molecule has 0 aliphatic heterocycles. The molecule has 3 nitrogen and oxygen atoms in total. The van der Waals surface area contributed by atoms with Gasteiger partial charge >= 0.3 is 0 Å². The molecule has 4 N–H and O–H groups in total. The van der Waals surface area contributed by atoms with Crippen LogP contribution in [-0.4, -0.2) is 10.7 Å². The molecule has 124 valence electrons. The summed E-state index contributed by atoms with van der Waals surface area (Å²) in [4.78, 5) is 6.03. The summed E-state index contributed by atoms with van der Waals surface area (Å²) in [5.41, 5.74) is 15.5. The number of aromatic nitrogens is 1. The van der Waals surface area contributed by atoms with Gasteiger partial charge in [0, 0.05) is 10.3 Å². The summed E-state index contributed by atoms with van der Waals surface area (Å²) in [7, 11) is 0. The number of nitrogens with two attached hydrogens (primary N) is 2. The van der Waals surface area contributed by atoms with Crippen LogP contribution in [0.15, 0.2) is 59.5 Å². The minimum absolute atomic E-state index is 0.646. The Hall–Kier alpha value is -2.20. The van der Waals surface area contributed by atoms with Gasteiger partial charge in [0.05, 0.1) is 22.6 Å². The second-order valence-electron chi connectivity index (χ2n) is 5.88. The summed E-state index contributed by atoms with van der Waals surface area (Å²) in [5.74, 6) is 1.15. The predicted molar refractivity (Wildman–Crippen MR) is 105 cm³/mol. The minimum Gasteiger partial charge on any atom is -0.396 e. The van der Waals surface area contributed by atoms with Crippen molar-refractivity contribution in [3.63, 3.8) is 0 Å². The Bertz CT molecular complexity index is 803. The molecule has 4 heteroatoms. The van der Waals surface area contributed by atoms with Crippen LogP contribution in [0, 0.1) is 0 Å². The van der Waals surface area contributed by atoms with Crippen LogP contribution < -0.4 is 11.5 Å². The molecule has 0 atom stereocenters. The van der Waals surface area contributed by atoms with Crippen molar-refractivity contribution in [2.24, 2.45) is 0 Å². The van der Waals surface area contributed by atoms with Gasteiger partial charge in [0.15, 0.2) is 0 Å². The summed E-state index contributed by atoms with van der Waals surface area (Å²) in [6.45, 7) is 0. The maximum absolute atomic E-state index is 6.17. The summed E-state index contributed by atoms with van der Waals surface area (Å²) >= 11 is 1.91. The summed E-state index contributed by atoms with van der Waals surface area (Å²) < 4.78 is 0. The smallest absolute Gasteiger partial charge is 0.0773 e. The molecule has 3 aromatic rings. The zero-order valence-corrected chi connectivity index (χ0v) is 14.6. The quantitative estimate of drug-likeness (QED) is 0.475. The van der Waals surface area contributed by atoms with E-state index >= 15 is 0 Å². The summed E-state index contributed by atoms with van der Waals surface area (Å²) in [6.07, 6.45) is 4.34. The molecule has 3 rings (SSSR count). The first-order valence-electron chi connectivity index (χ1n) is 8.36. The molecule has 2 aromatic carbocycles. The van der Waals surface area contributed by atoms with Crippen LogP contribution in [0.1, 0.15) is 25.0 Å². The number of aryl methyl sites for hydroxylation is 1. The SMILES string of the molecule is Nc1c(CCCCCSc2ccccc2)nc2ccccc2c1N. The van der Waals surface area contributed by atoms with Crippen LogP contribution in [0.5, 0.6) is 0 Å². The van der Waals surface area contributed by atoms with Crippen molar-refractivity contribution in [1.29, 1.82) is 0 Å². The van der Waals surface area contributed by atoms with Gasteiger partial charge in [-0.1, -0.05) is 42.8 Å². The van der Waals surface area contributed by atoms with Crippen LogP contribution in [-0.2, 0) is 6.42 Å². The number of hydrogen-bond donors (Lipinski definition) is 2. The highest BCUT2D eigenvalue weighted by molar-refractivity contribution is 7.99. The molecule has 0 amide bonds. The van der Waals surface area contributed by atoms with E-state index in [0.29, 0.717) is 11.4 Å². The van der Waals surface area contributed by atoms with Gasteiger partial charge in [0.2, 0.25) is 0 Å². The fourth-order valence-corrected chi connectivity index (χ4v) is 3.71. The highest BCUT2D eigenvalue weighted by Gasteiger charge is 2.09. The van der Waals surface area contributed by atoms with Gasteiger partial charge < -0.3 is 11.5 Å². The summed E-state index contributed by atoms with van der Waals surface area (Å²) in [5, 5.41) is 0.943. The Morgan fingerprint density at radius 1 is 0.792 bits per heavy atom. The van der Waals surface area contributed by atoms with Crippen molar-refractivity contribution >= 4 is 34.0 Å². The van der Waals surface area contributed by atoms with Gasteiger partial charge in [-0.05, 0) is 43.2 Å². The van der Waals surface area contributed by atoms with Crippen LogP contribution in [0.3, 0.4) is 0 Å². The first-order valence-corrected chi connectivity index (χ1v) is 9.34. The largest absolute Gasteiger partial charge is 0.396 e. The van der Waals surface area contributed by atoms with Crippen LogP contribution in [0.25, 0.3) is 10.9 Å². The van der Waals surface area contributed by atoms with Crippen molar-refractivity contribution < 1.29 is 0 Å². The lowest BCUT2D eigenvalue weighted by Crippen LogP contribution is -2.04. The van der Waals surface area contributed by atoms with E-state index in [1.54, 1.807) is 0 Å². The highest BCUT2D eigenvalue weighted by Crippen LogP contribution is 2.28. The molecule has 0 saturated heterocycles. The zero-order chi connectivity index (χ0) is 16.8. The van der Waals surface area contributed by atoms with Crippen LogP contribution in [0.4, 0.5) is 11.4 Å². The van der Waals surface area contributed by atoms with E-state index in [0.717, 1.165) is 35.2 Å². The Balaban J connectivity index is 1.50. The number of thioether (sulfide) groups is 1. The van der Waals surface area contributed by atoms with Crippen molar-refractivity contribution in [2.75, 3.05) is 17.2 Å². The number of fused-ring (bicyclic) bond motifs is 1. The van der Waals surface area contributed by atoms with Gasteiger partial charge in [0.25, 0.3) is 0 Å². The Kier molecular flexibility index (Phi) is 5.59. The number of pyridine rings is 1. The van der Waals surface area contributed by atoms with E-state index in [9.17, 15) is 0 Å². The van der Waals surface area contributed by atoms with Gasteiger partial charge in [-0.15, -0.1) is 11.8 Å². The van der Waals surface area contributed by atoms with Crippen LogP contribution >= 0.6 is 11.8 Å². The van der Waals surface area contributed by atoms with Gasteiger partial charge in [-0.2, -0.15) is 0 Å². The number of nitrogens with zero attached hydrogens (tertiary/aromatic N) is 1. The molecule has 0 unspecified atom stereocenters. The zero-order valence-electron chi connectivity index (χ0n) is 13.7. The van der Waals surface area contributed by atoms with Crippen molar-refractivity contribution in [1.82, 2.24) is 4.98 Å². The average Bonchev–Trinajstić information content (AvgIpc) is 2.63. The predicted octanol–water partition coefficient (Wildman–Crippen LogP) is 4.90. The van der Waals surface area contributed by atoms with Crippen molar-refractivity contribution in [2.45, 2.75) is 30.6 Å². The van der Waals surface area contributed by atoms with E-state index in [-0.39, 0.29) is 0 Å². The fraction of sp³-hybridized carbons (Fsp3) is 0.250. The van der Waals surface area contributed by atoms with E-state index in [2.05, 4.69) is 30.3 Å². The number of rotatable bonds is 7. The number of para-hydroxylation sites is 1. The molecule has 0 aliphatic carbocycles.